The molecule has 1 amide bonds. The Bertz CT molecular complexity index is 727. The second-order valence-electron chi connectivity index (χ2n) is 5.16. The molecular formula is C16H18ClN3O3. The molecule has 23 heavy (non-hydrogen) atoms. The number of hydrogen-bond donors (Lipinski definition) is 1. The number of carboxylic acids is 1. The number of aliphatic carboxylic acids is 1. The molecule has 0 spiro atoms. The summed E-state index contributed by atoms with van der Waals surface area (Å²) in [6.07, 6.45) is 2.14. The number of carboxylic acid groups (broad SMARTS) is 1. The lowest BCUT2D eigenvalue weighted by Gasteiger charge is -2.19. The minimum atomic E-state index is -1.04. The van der Waals surface area contributed by atoms with Crippen LogP contribution in [0.5, 0.6) is 0 Å². The first kappa shape index (κ1) is 17.0. The summed E-state index contributed by atoms with van der Waals surface area (Å²) in [4.78, 5) is 24.8. The molecule has 0 aliphatic heterocycles. The number of hydrogen-bond acceptors (Lipinski definition) is 3. The minimum absolute atomic E-state index is 0.325. The summed E-state index contributed by atoms with van der Waals surface area (Å²) in [5.74, 6) is -1.37. The van der Waals surface area contributed by atoms with Crippen LogP contribution in [0.3, 0.4) is 0 Å². The van der Waals surface area contributed by atoms with Gasteiger partial charge in [-0.15, -0.1) is 0 Å². The summed E-state index contributed by atoms with van der Waals surface area (Å²) in [5, 5.41) is 13.8. The number of carbonyl (C=O) groups excluding carboxylic acids is 1. The van der Waals surface area contributed by atoms with Crippen LogP contribution in [-0.4, -0.2) is 44.8 Å². The van der Waals surface area contributed by atoms with E-state index in [1.165, 1.54) is 11.1 Å². The largest absolute Gasteiger partial charge is 0.480 e. The Labute approximate surface area is 139 Å². The van der Waals surface area contributed by atoms with E-state index in [9.17, 15) is 9.59 Å². The standard InChI is InChI=1S/C16H18ClN3O3/c1-3-7-19(10-15(21)22)16(23)14-9-18-20(11(14)2)13-6-4-5-12(17)8-13/h4-6,8-9H,3,7,10H2,1-2H3,(H,21,22). The summed E-state index contributed by atoms with van der Waals surface area (Å²) in [7, 11) is 0. The maximum absolute atomic E-state index is 12.6. The molecule has 0 aliphatic rings. The van der Waals surface area contributed by atoms with Crippen LogP contribution in [-0.2, 0) is 4.79 Å². The molecule has 0 saturated heterocycles. The van der Waals surface area contributed by atoms with Crippen molar-refractivity contribution in [3.63, 3.8) is 0 Å². The van der Waals surface area contributed by atoms with Gasteiger partial charge >= 0.3 is 5.97 Å². The molecule has 0 unspecified atom stereocenters. The van der Waals surface area contributed by atoms with Gasteiger partial charge in [-0.2, -0.15) is 5.10 Å². The topological polar surface area (TPSA) is 75.4 Å². The highest BCUT2D eigenvalue weighted by molar-refractivity contribution is 6.30. The molecule has 7 heteroatoms. The Morgan fingerprint density at radius 2 is 2.13 bits per heavy atom. The Balaban J connectivity index is 2.33. The van der Waals surface area contributed by atoms with E-state index in [0.717, 1.165) is 5.69 Å². The Morgan fingerprint density at radius 3 is 2.74 bits per heavy atom. The van der Waals surface area contributed by atoms with Crippen LogP contribution < -0.4 is 0 Å². The molecule has 2 aromatic rings. The smallest absolute Gasteiger partial charge is 0.323 e. The van der Waals surface area contributed by atoms with Crippen molar-refractivity contribution in [3.8, 4) is 5.69 Å². The Kier molecular flexibility index (Phi) is 5.39. The quantitative estimate of drug-likeness (QED) is 0.880. The van der Waals surface area contributed by atoms with Crippen LogP contribution in [0, 0.1) is 6.92 Å². The van der Waals surface area contributed by atoms with Crippen molar-refractivity contribution in [2.24, 2.45) is 0 Å². The average Bonchev–Trinajstić information content (AvgIpc) is 2.87. The zero-order chi connectivity index (χ0) is 17.0. The fourth-order valence-electron chi connectivity index (χ4n) is 2.34. The van der Waals surface area contributed by atoms with Crippen molar-refractivity contribution in [2.75, 3.05) is 13.1 Å². The monoisotopic (exact) mass is 335 g/mol. The highest BCUT2D eigenvalue weighted by atomic mass is 35.5. The fourth-order valence-corrected chi connectivity index (χ4v) is 2.53. The number of benzene rings is 1. The van der Waals surface area contributed by atoms with Crippen LogP contribution >= 0.6 is 11.6 Å². The molecule has 1 aromatic carbocycles. The van der Waals surface area contributed by atoms with Gasteiger partial charge in [-0.05, 0) is 31.5 Å². The first-order valence-corrected chi connectivity index (χ1v) is 7.63. The zero-order valence-corrected chi connectivity index (χ0v) is 13.7. The van der Waals surface area contributed by atoms with Gasteiger partial charge in [0.1, 0.15) is 6.54 Å². The molecule has 0 aliphatic carbocycles. The fraction of sp³-hybridized carbons (Fsp3) is 0.312. The van der Waals surface area contributed by atoms with Gasteiger partial charge in [-0.25, -0.2) is 4.68 Å². The third kappa shape index (κ3) is 3.90. The summed E-state index contributed by atoms with van der Waals surface area (Å²) >= 11 is 5.98. The van der Waals surface area contributed by atoms with E-state index in [0.29, 0.717) is 29.2 Å². The number of nitrogens with zero attached hydrogens (tertiary/aromatic N) is 3. The molecule has 1 heterocycles. The number of aromatic nitrogens is 2. The summed E-state index contributed by atoms with van der Waals surface area (Å²) in [6, 6.07) is 7.14. The maximum atomic E-state index is 12.6. The van der Waals surface area contributed by atoms with Gasteiger partial charge in [-0.3, -0.25) is 9.59 Å². The van der Waals surface area contributed by atoms with E-state index < -0.39 is 5.97 Å². The van der Waals surface area contributed by atoms with E-state index in [-0.39, 0.29) is 12.5 Å². The minimum Gasteiger partial charge on any atom is -0.480 e. The average molecular weight is 336 g/mol. The van der Waals surface area contributed by atoms with Gasteiger partial charge in [0.2, 0.25) is 0 Å². The number of carbonyl (C=O) groups is 2. The summed E-state index contributed by atoms with van der Waals surface area (Å²) in [5.41, 5.74) is 1.78. The second kappa shape index (κ2) is 7.28. The van der Waals surface area contributed by atoms with Crippen molar-refractivity contribution in [3.05, 3.63) is 46.7 Å². The third-order valence-electron chi connectivity index (χ3n) is 3.40. The van der Waals surface area contributed by atoms with Gasteiger partial charge in [0.15, 0.2) is 0 Å². The second-order valence-corrected chi connectivity index (χ2v) is 5.59. The molecule has 1 N–H and O–H groups in total. The van der Waals surface area contributed by atoms with Crippen LogP contribution in [0.4, 0.5) is 0 Å². The van der Waals surface area contributed by atoms with Crippen molar-refractivity contribution < 1.29 is 14.7 Å². The first-order chi connectivity index (χ1) is 10.9. The zero-order valence-electron chi connectivity index (χ0n) is 13.0. The van der Waals surface area contributed by atoms with E-state index in [1.54, 1.807) is 29.8 Å². The molecule has 0 atom stereocenters. The summed E-state index contributed by atoms with van der Waals surface area (Å²) in [6.45, 7) is 3.72. The lowest BCUT2D eigenvalue weighted by atomic mass is 10.2. The van der Waals surface area contributed by atoms with Crippen LogP contribution in [0.2, 0.25) is 5.02 Å². The van der Waals surface area contributed by atoms with Crippen molar-refractivity contribution in [1.82, 2.24) is 14.7 Å². The van der Waals surface area contributed by atoms with Crippen LogP contribution in [0.1, 0.15) is 29.4 Å². The predicted molar refractivity (Wildman–Crippen MR) is 87.1 cm³/mol. The van der Waals surface area contributed by atoms with E-state index in [1.807, 2.05) is 13.0 Å². The van der Waals surface area contributed by atoms with Crippen LogP contribution in [0.25, 0.3) is 5.69 Å². The molecule has 1 aromatic heterocycles. The molecule has 122 valence electrons. The SMILES string of the molecule is CCCN(CC(=O)O)C(=O)c1cnn(-c2cccc(Cl)c2)c1C. The Hall–Kier alpha value is -2.34. The lowest BCUT2D eigenvalue weighted by Crippen LogP contribution is -2.36. The van der Waals surface area contributed by atoms with E-state index in [2.05, 4.69) is 5.10 Å². The molecule has 0 bridgehead atoms. The molecule has 2 rings (SSSR count). The highest BCUT2D eigenvalue weighted by Gasteiger charge is 2.22. The molecule has 0 fully saturated rings. The highest BCUT2D eigenvalue weighted by Crippen LogP contribution is 2.19. The van der Waals surface area contributed by atoms with Gasteiger partial charge in [0, 0.05) is 11.6 Å². The van der Waals surface area contributed by atoms with Gasteiger partial charge in [-0.1, -0.05) is 24.6 Å². The van der Waals surface area contributed by atoms with E-state index in [4.69, 9.17) is 16.7 Å². The first-order valence-electron chi connectivity index (χ1n) is 7.25. The number of amides is 1. The molecular weight excluding hydrogens is 318 g/mol. The predicted octanol–water partition coefficient (Wildman–Crippen LogP) is 2.77. The van der Waals surface area contributed by atoms with Crippen molar-refractivity contribution in [1.29, 1.82) is 0 Å². The molecule has 0 radical (unpaired) electrons. The molecule has 6 nitrogen and oxygen atoms in total. The number of halogens is 1. The lowest BCUT2D eigenvalue weighted by molar-refractivity contribution is -0.137. The third-order valence-corrected chi connectivity index (χ3v) is 3.63. The maximum Gasteiger partial charge on any atom is 0.323 e. The van der Waals surface area contributed by atoms with Crippen molar-refractivity contribution >= 4 is 23.5 Å². The van der Waals surface area contributed by atoms with Gasteiger partial charge < -0.3 is 10.0 Å². The Morgan fingerprint density at radius 1 is 1.39 bits per heavy atom. The molecule has 0 saturated carbocycles. The number of rotatable bonds is 6. The van der Waals surface area contributed by atoms with Gasteiger partial charge in [0.05, 0.1) is 23.1 Å². The van der Waals surface area contributed by atoms with Gasteiger partial charge in [0.25, 0.3) is 5.91 Å². The van der Waals surface area contributed by atoms with Crippen LogP contribution in [0.15, 0.2) is 30.5 Å². The summed E-state index contributed by atoms with van der Waals surface area (Å²) < 4.78 is 1.62. The van der Waals surface area contributed by atoms with E-state index >= 15 is 0 Å². The van der Waals surface area contributed by atoms with Crippen molar-refractivity contribution in [2.45, 2.75) is 20.3 Å². The normalized spacial score (nSPS) is 10.6.